The van der Waals surface area contributed by atoms with Crippen molar-refractivity contribution in [2.75, 3.05) is 31.1 Å². The Hall–Kier alpha value is -2.99. The topological polar surface area (TPSA) is 55.8 Å². The van der Waals surface area contributed by atoms with E-state index >= 15 is 0 Å². The minimum atomic E-state index is -0.363. The number of piperidine rings is 3. The van der Waals surface area contributed by atoms with Gasteiger partial charge in [-0.1, -0.05) is 30.3 Å². The molecule has 0 saturated carbocycles. The molecule has 3 aromatic rings. The summed E-state index contributed by atoms with van der Waals surface area (Å²) in [4.78, 5) is 14.7. The van der Waals surface area contributed by atoms with E-state index in [0.717, 1.165) is 43.3 Å². The average Bonchev–Trinajstić information content (AvgIpc) is 3.53. The molecule has 6 rings (SSSR count). The Morgan fingerprint density at radius 1 is 1.00 bits per heavy atom. The molecule has 0 aliphatic carbocycles. The van der Waals surface area contributed by atoms with Crippen LogP contribution in [0.5, 0.6) is 0 Å². The van der Waals surface area contributed by atoms with Crippen molar-refractivity contribution in [2.45, 2.75) is 38.3 Å². The number of ether oxygens (including phenoxy) is 1. The van der Waals surface area contributed by atoms with Crippen molar-refractivity contribution in [2.24, 2.45) is 5.92 Å². The molecule has 6 heteroatoms. The lowest BCUT2D eigenvalue weighted by molar-refractivity contribution is -0.946. The maximum Gasteiger partial charge on any atom is 0.417 e. The standard InChI is InChI=1S/C26H31N2O4/c29-26(27(25-11-6-18-31-25)19-23-10-5-17-30-23)32-24-20-28(15-12-22(24)13-16-28)14-4-9-21-7-2-1-3-8-21/h1-3,5-8,10-11,17-18,22,24H,4,9,12-16,19-20H2/q+1/t22?,24-,28?/m0/s1. The molecule has 3 fully saturated rings. The van der Waals surface area contributed by atoms with Crippen LogP contribution in [-0.2, 0) is 17.7 Å². The molecule has 5 heterocycles. The highest BCUT2D eigenvalue weighted by molar-refractivity contribution is 5.85. The first kappa shape index (κ1) is 20.9. The summed E-state index contributed by atoms with van der Waals surface area (Å²) in [6.45, 7) is 4.74. The molecule has 168 valence electrons. The maximum atomic E-state index is 13.2. The summed E-state index contributed by atoms with van der Waals surface area (Å²) in [5.41, 5.74) is 1.40. The number of quaternary nitrogens is 1. The molecule has 2 aromatic heterocycles. The van der Waals surface area contributed by atoms with Crippen molar-refractivity contribution < 1.29 is 22.8 Å². The van der Waals surface area contributed by atoms with Crippen LogP contribution in [0.25, 0.3) is 0 Å². The zero-order valence-corrected chi connectivity index (χ0v) is 18.4. The number of hydrogen-bond acceptors (Lipinski definition) is 4. The van der Waals surface area contributed by atoms with Gasteiger partial charge in [-0.2, -0.15) is 0 Å². The number of furan rings is 2. The van der Waals surface area contributed by atoms with Gasteiger partial charge in [0.1, 0.15) is 12.3 Å². The molecule has 32 heavy (non-hydrogen) atoms. The Kier molecular flexibility index (Phi) is 6.04. The first-order chi connectivity index (χ1) is 15.7. The molecule has 1 atom stereocenters. The maximum absolute atomic E-state index is 13.2. The highest BCUT2D eigenvalue weighted by Gasteiger charge is 2.47. The van der Waals surface area contributed by atoms with E-state index in [1.165, 1.54) is 23.6 Å². The van der Waals surface area contributed by atoms with E-state index in [4.69, 9.17) is 13.6 Å². The van der Waals surface area contributed by atoms with Gasteiger partial charge in [0.05, 0.1) is 38.7 Å². The van der Waals surface area contributed by atoms with Crippen molar-refractivity contribution in [3.8, 4) is 0 Å². The van der Waals surface area contributed by atoms with Crippen LogP contribution >= 0.6 is 0 Å². The molecule has 1 amide bonds. The molecule has 3 aliphatic heterocycles. The fourth-order valence-corrected chi connectivity index (χ4v) is 5.34. The number of fused-ring (bicyclic) bond motifs is 3. The Balaban J connectivity index is 1.22. The molecule has 0 N–H and O–H groups in total. The third-order valence-electron chi connectivity index (χ3n) is 7.12. The van der Waals surface area contributed by atoms with Crippen LogP contribution in [0.3, 0.4) is 0 Å². The highest BCUT2D eigenvalue weighted by Crippen LogP contribution is 2.36. The molecule has 0 radical (unpaired) electrons. The van der Waals surface area contributed by atoms with Crippen LogP contribution in [0.4, 0.5) is 10.7 Å². The molecule has 3 saturated heterocycles. The Bertz CT molecular complexity index is 976. The summed E-state index contributed by atoms with van der Waals surface area (Å²) in [6.07, 6.45) is 7.28. The summed E-state index contributed by atoms with van der Waals surface area (Å²) < 4.78 is 18.2. The minimum Gasteiger partial charge on any atom is -0.467 e. The third-order valence-corrected chi connectivity index (χ3v) is 7.12. The van der Waals surface area contributed by atoms with E-state index < -0.39 is 0 Å². The van der Waals surface area contributed by atoms with E-state index in [0.29, 0.717) is 17.6 Å². The predicted octanol–water partition coefficient (Wildman–Crippen LogP) is 5.26. The molecular weight excluding hydrogens is 404 g/mol. The zero-order valence-electron chi connectivity index (χ0n) is 18.4. The smallest absolute Gasteiger partial charge is 0.417 e. The number of anilines is 1. The molecule has 0 spiro atoms. The van der Waals surface area contributed by atoms with Crippen molar-refractivity contribution in [1.82, 2.24) is 0 Å². The number of amides is 1. The molecule has 0 unspecified atom stereocenters. The van der Waals surface area contributed by atoms with E-state index in [2.05, 4.69) is 30.3 Å². The normalized spacial score (nSPS) is 24.4. The molecule has 2 bridgehead atoms. The van der Waals surface area contributed by atoms with Crippen molar-refractivity contribution >= 4 is 12.0 Å². The Labute approximate surface area is 189 Å². The molecular formula is C26H31N2O4+. The number of aryl methyl sites for hydroxylation is 1. The van der Waals surface area contributed by atoms with E-state index in [1.807, 2.05) is 12.1 Å². The summed E-state index contributed by atoms with van der Waals surface area (Å²) >= 11 is 0. The lowest BCUT2D eigenvalue weighted by Crippen LogP contribution is -2.65. The fraction of sp³-hybridized carbons (Fsp3) is 0.423. The lowest BCUT2D eigenvalue weighted by atomic mass is 9.83. The quantitative estimate of drug-likeness (QED) is 0.453. The van der Waals surface area contributed by atoms with E-state index in [9.17, 15) is 4.79 Å². The van der Waals surface area contributed by atoms with Crippen LogP contribution in [0.15, 0.2) is 76.0 Å². The minimum absolute atomic E-state index is 0.0456. The number of nitrogens with zero attached hydrogens (tertiary/aromatic N) is 2. The SMILES string of the molecule is O=C(O[C@H]1C[N+]2(CCCc3ccccc3)CCC1CC2)N(Cc1ccco1)c1ccco1. The summed E-state index contributed by atoms with van der Waals surface area (Å²) in [5, 5.41) is 0. The van der Waals surface area contributed by atoms with Gasteiger partial charge in [-0.05, 0) is 30.2 Å². The van der Waals surface area contributed by atoms with Gasteiger partial charge in [0.2, 0.25) is 5.88 Å². The number of carbonyl (C=O) groups is 1. The Morgan fingerprint density at radius 2 is 1.78 bits per heavy atom. The average molecular weight is 436 g/mol. The van der Waals surface area contributed by atoms with Gasteiger partial charge in [0.25, 0.3) is 0 Å². The summed E-state index contributed by atoms with van der Waals surface area (Å²) in [5.74, 6) is 1.62. The van der Waals surface area contributed by atoms with Crippen LogP contribution in [0, 0.1) is 5.92 Å². The van der Waals surface area contributed by atoms with Crippen LogP contribution < -0.4 is 4.90 Å². The lowest BCUT2D eigenvalue weighted by Gasteiger charge is -2.52. The highest BCUT2D eigenvalue weighted by atomic mass is 16.6. The number of benzene rings is 1. The van der Waals surface area contributed by atoms with Crippen LogP contribution in [-0.4, -0.2) is 42.9 Å². The van der Waals surface area contributed by atoms with Gasteiger partial charge in [-0.3, -0.25) is 0 Å². The summed E-state index contributed by atoms with van der Waals surface area (Å²) in [7, 11) is 0. The Morgan fingerprint density at radius 3 is 2.50 bits per heavy atom. The summed E-state index contributed by atoms with van der Waals surface area (Å²) in [6, 6.07) is 17.9. The first-order valence-electron chi connectivity index (χ1n) is 11.6. The van der Waals surface area contributed by atoms with Gasteiger partial charge in [-0.15, -0.1) is 0 Å². The number of carbonyl (C=O) groups excluding carboxylic acids is 1. The van der Waals surface area contributed by atoms with E-state index in [-0.39, 0.29) is 18.7 Å². The van der Waals surface area contributed by atoms with Gasteiger partial charge in [0.15, 0.2) is 6.10 Å². The van der Waals surface area contributed by atoms with Crippen molar-refractivity contribution in [3.63, 3.8) is 0 Å². The second-order valence-electron chi connectivity index (χ2n) is 9.16. The largest absolute Gasteiger partial charge is 0.467 e. The predicted molar refractivity (Wildman–Crippen MR) is 121 cm³/mol. The van der Waals surface area contributed by atoms with Crippen molar-refractivity contribution in [1.29, 1.82) is 0 Å². The third kappa shape index (κ3) is 4.60. The number of hydrogen-bond donors (Lipinski definition) is 0. The van der Waals surface area contributed by atoms with Crippen LogP contribution in [0.1, 0.15) is 30.6 Å². The molecule has 1 aromatic carbocycles. The molecule has 3 aliphatic rings. The second kappa shape index (κ2) is 9.25. The van der Waals surface area contributed by atoms with Gasteiger partial charge < -0.3 is 18.1 Å². The van der Waals surface area contributed by atoms with E-state index in [1.54, 1.807) is 24.7 Å². The van der Waals surface area contributed by atoms with Gasteiger partial charge in [-0.25, -0.2) is 9.69 Å². The first-order valence-corrected chi connectivity index (χ1v) is 11.6. The second-order valence-corrected chi connectivity index (χ2v) is 9.16. The molecule has 6 nitrogen and oxygen atoms in total. The fourth-order valence-electron chi connectivity index (χ4n) is 5.34. The number of rotatable bonds is 8. The van der Waals surface area contributed by atoms with Crippen LogP contribution in [0.2, 0.25) is 0 Å². The van der Waals surface area contributed by atoms with Crippen molar-refractivity contribution in [3.05, 3.63) is 78.4 Å². The van der Waals surface area contributed by atoms with Gasteiger partial charge in [0, 0.05) is 31.2 Å². The zero-order chi connectivity index (χ0) is 21.8. The monoisotopic (exact) mass is 435 g/mol. The van der Waals surface area contributed by atoms with Gasteiger partial charge >= 0.3 is 6.09 Å².